The van der Waals surface area contributed by atoms with Crippen LogP contribution in [-0.2, 0) is 19.1 Å². The maximum atomic E-state index is 12.3. The zero-order chi connectivity index (χ0) is 18.7. The van der Waals surface area contributed by atoms with Crippen LogP contribution in [-0.4, -0.2) is 56.7 Å². The van der Waals surface area contributed by atoms with Gasteiger partial charge in [0.1, 0.15) is 6.04 Å². The second kappa shape index (κ2) is 7.74. The molecule has 0 radical (unpaired) electrons. The van der Waals surface area contributed by atoms with Gasteiger partial charge in [0.15, 0.2) is 6.10 Å². The van der Waals surface area contributed by atoms with E-state index in [1.807, 2.05) is 6.07 Å². The van der Waals surface area contributed by atoms with E-state index in [9.17, 15) is 14.4 Å². The highest BCUT2D eigenvalue weighted by Gasteiger charge is 2.36. The normalized spacial score (nSPS) is 19.2. The molecule has 0 bridgehead atoms. The number of methoxy groups -OCH3 is 1. The zero-order valence-corrected chi connectivity index (χ0v) is 14.9. The zero-order valence-electron chi connectivity index (χ0n) is 14.9. The topological polar surface area (TPSA) is 97.0 Å². The third kappa shape index (κ3) is 3.65. The average Bonchev–Trinajstić information content (AvgIpc) is 3.12. The summed E-state index contributed by atoms with van der Waals surface area (Å²) < 4.78 is 10.1. The Morgan fingerprint density at radius 3 is 3.00 bits per heavy atom. The molecule has 2 aliphatic rings. The summed E-state index contributed by atoms with van der Waals surface area (Å²) in [6.45, 7) is 3.07. The molecule has 2 atom stereocenters. The Morgan fingerprint density at radius 1 is 1.42 bits per heavy atom. The van der Waals surface area contributed by atoms with Gasteiger partial charge in [-0.05, 0) is 38.0 Å². The van der Waals surface area contributed by atoms with Crippen LogP contribution >= 0.6 is 0 Å². The van der Waals surface area contributed by atoms with Gasteiger partial charge in [-0.1, -0.05) is 0 Å². The Kier molecular flexibility index (Phi) is 5.41. The van der Waals surface area contributed by atoms with E-state index >= 15 is 0 Å². The number of anilines is 2. The summed E-state index contributed by atoms with van der Waals surface area (Å²) in [5.74, 6) is -1.05. The first-order valence-corrected chi connectivity index (χ1v) is 8.70. The van der Waals surface area contributed by atoms with Crippen molar-refractivity contribution in [3.8, 4) is 0 Å². The van der Waals surface area contributed by atoms with E-state index in [2.05, 4.69) is 15.5 Å². The molecule has 1 aromatic carbocycles. The molecule has 8 nitrogen and oxygen atoms in total. The van der Waals surface area contributed by atoms with Crippen molar-refractivity contribution in [3.63, 3.8) is 0 Å². The second-order valence-electron chi connectivity index (χ2n) is 6.40. The summed E-state index contributed by atoms with van der Waals surface area (Å²) in [6.07, 6.45) is 0.884. The predicted molar refractivity (Wildman–Crippen MR) is 95.2 cm³/mol. The second-order valence-corrected chi connectivity index (χ2v) is 6.40. The molecule has 0 aromatic heterocycles. The number of nitrogens with zero attached hydrogens (tertiary/aromatic N) is 1. The number of ether oxygens (including phenoxy) is 2. The minimum absolute atomic E-state index is 0.0496. The molecule has 140 valence electrons. The molecule has 2 aliphatic heterocycles. The van der Waals surface area contributed by atoms with Crippen molar-refractivity contribution in [3.05, 3.63) is 23.8 Å². The number of amides is 2. The van der Waals surface area contributed by atoms with E-state index in [1.165, 1.54) is 14.0 Å². The molecule has 0 saturated carbocycles. The lowest BCUT2D eigenvalue weighted by molar-refractivity contribution is -0.129. The Balaban J connectivity index is 1.66. The largest absolute Gasteiger partial charge is 0.449 e. The number of nitrogens with one attached hydrogen (secondary N) is 2. The van der Waals surface area contributed by atoms with Crippen molar-refractivity contribution in [1.82, 2.24) is 5.32 Å². The maximum Gasteiger partial charge on any atom is 0.338 e. The number of rotatable bonds is 6. The van der Waals surface area contributed by atoms with E-state index in [4.69, 9.17) is 9.47 Å². The molecule has 0 aliphatic carbocycles. The molecule has 3 rings (SSSR count). The lowest BCUT2D eigenvalue weighted by Crippen LogP contribution is -2.44. The number of fused-ring (bicyclic) bond motifs is 3. The smallest absolute Gasteiger partial charge is 0.338 e. The van der Waals surface area contributed by atoms with Gasteiger partial charge < -0.3 is 25.0 Å². The van der Waals surface area contributed by atoms with Crippen molar-refractivity contribution < 1.29 is 23.9 Å². The van der Waals surface area contributed by atoms with Crippen LogP contribution in [0.25, 0.3) is 0 Å². The first kappa shape index (κ1) is 18.2. The summed E-state index contributed by atoms with van der Waals surface area (Å²) in [7, 11) is 1.54. The molecule has 1 saturated heterocycles. The predicted octanol–water partition coefficient (Wildman–Crippen LogP) is 0.915. The molecular formula is C18H23N3O5. The number of esters is 1. The standard InChI is InChI=1S/C18H23N3O5/c1-11(16(22)19-7-9-25-2)26-18(24)12-5-6-14-13(10-12)20-17(23)15-4-3-8-21(14)15/h5-6,10-11,15H,3-4,7-9H2,1-2H3,(H,19,22)(H,20,23)/t11-,15+/m0/s1. The van der Waals surface area contributed by atoms with Crippen LogP contribution in [0.5, 0.6) is 0 Å². The number of carbonyl (C=O) groups excluding carboxylic acids is 3. The first-order chi connectivity index (χ1) is 12.5. The highest BCUT2D eigenvalue weighted by atomic mass is 16.5. The molecule has 0 spiro atoms. The fourth-order valence-corrected chi connectivity index (χ4v) is 3.26. The Labute approximate surface area is 151 Å². The van der Waals surface area contributed by atoms with Crippen LogP contribution in [0.15, 0.2) is 18.2 Å². The van der Waals surface area contributed by atoms with Crippen LogP contribution in [0.3, 0.4) is 0 Å². The quantitative estimate of drug-likeness (QED) is 0.578. The van der Waals surface area contributed by atoms with E-state index in [-0.39, 0.29) is 17.9 Å². The fraction of sp³-hybridized carbons (Fsp3) is 0.500. The van der Waals surface area contributed by atoms with Crippen LogP contribution < -0.4 is 15.5 Å². The number of carbonyl (C=O) groups is 3. The summed E-state index contributed by atoms with van der Waals surface area (Å²) >= 11 is 0. The van der Waals surface area contributed by atoms with Crippen molar-refractivity contribution >= 4 is 29.2 Å². The summed E-state index contributed by atoms with van der Waals surface area (Å²) in [6, 6.07) is 4.94. The lowest BCUT2D eigenvalue weighted by atomic mass is 10.1. The van der Waals surface area contributed by atoms with Crippen LogP contribution in [0.4, 0.5) is 11.4 Å². The summed E-state index contributed by atoms with van der Waals surface area (Å²) in [5.41, 5.74) is 1.80. The van der Waals surface area contributed by atoms with Gasteiger partial charge in [-0.2, -0.15) is 0 Å². The maximum absolute atomic E-state index is 12.3. The summed E-state index contributed by atoms with van der Waals surface area (Å²) in [5, 5.41) is 5.47. The minimum Gasteiger partial charge on any atom is -0.449 e. The first-order valence-electron chi connectivity index (χ1n) is 8.70. The molecule has 26 heavy (non-hydrogen) atoms. The Hall–Kier alpha value is -2.61. The monoisotopic (exact) mass is 361 g/mol. The van der Waals surface area contributed by atoms with E-state index in [0.717, 1.165) is 25.1 Å². The third-order valence-electron chi connectivity index (χ3n) is 4.61. The van der Waals surface area contributed by atoms with Gasteiger partial charge in [0, 0.05) is 20.2 Å². The average molecular weight is 361 g/mol. The van der Waals surface area contributed by atoms with Crippen LogP contribution in [0.2, 0.25) is 0 Å². The van der Waals surface area contributed by atoms with Gasteiger partial charge in [0.2, 0.25) is 5.91 Å². The van der Waals surface area contributed by atoms with Gasteiger partial charge in [0.25, 0.3) is 5.91 Å². The van der Waals surface area contributed by atoms with Gasteiger partial charge in [0.05, 0.1) is 23.5 Å². The molecular weight excluding hydrogens is 338 g/mol. The van der Waals surface area contributed by atoms with Crippen LogP contribution in [0.1, 0.15) is 30.1 Å². The van der Waals surface area contributed by atoms with E-state index in [1.54, 1.807) is 12.1 Å². The van der Waals surface area contributed by atoms with E-state index in [0.29, 0.717) is 24.4 Å². The van der Waals surface area contributed by atoms with Gasteiger partial charge in [-0.15, -0.1) is 0 Å². The highest BCUT2D eigenvalue weighted by molar-refractivity contribution is 6.05. The molecule has 0 unspecified atom stereocenters. The summed E-state index contributed by atoms with van der Waals surface area (Å²) in [4.78, 5) is 38.5. The SMILES string of the molecule is COCCNC(=O)[C@H](C)OC(=O)c1ccc2c(c1)NC(=O)[C@H]1CCCN21. The van der Waals surface area contributed by atoms with Crippen molar-refractivity contribution in [1.29, 1.82) is 0 Å². The fourth-order valence-electron chi connectivity index (χ4n) is 3.26. The number of hydrogen-bond acceptors (Lipinski definition) is 6. The molecule has 2 heterocycles. The Bertz CT molecular complexity index is 721. The van der Waals surface area contributed by atoms with Gasteiger partial charge >= 0.3 is 5.97 Å². The molecule has 1 aromatic rings. The molecule has 1 fully saturated rings. The third-order valence-corrected chi connectivity index (χ3v) is 4.61. The van der Waals surface area contributed by atoms with Gasteiger partial charge in [-0.3, -0.25) is 9.59 Å². The van der Waals surface area contributed by atoms with Crippen molar-refractivity contribution in [2.45, 2.75) is 31.9 Å². The number of benzene rings is 1. The minimum atomic E-state index is -0.923. The molecule has 8 heteroatoms. The molecule has 2 N–H and O–H groups in total. The lowest BCUT2D eigenvalue weighted by Gasteiger charge is -2.33. The number of hydrogen-bond donors (Lipinski definition) is 2. The Morgan fingerprint density at radius 2 is 2.23 bits per heavy atom. The van der Waals surface area contributed by atoms with Crippen LogP contribution in [0, 0.1) is 0 Å². The van der Waals surface area contributed by atoms with Gasteiger partial charge in [-0.25, -0.2) is 4.79 Å². The van der Waals surface area contributed by atoms with Crippen molar-refractivity contribution in [2.75, 3.05) is 37.0 Å². The highest BCUT2D eigenvalue weighted by Crippen LogP contribution is 2.37. The van der Waals surface area contributed by atoms with Crippen molar-refractivity contribution in [2.24, 2.45) is 0 Å². The van der Waals surface area contributed by atoms with E-state index < -0.39 is 12.1 Å². The molecule has 2 amide bonds.